The van der Waals surface area contributed by atoms with Crippen LogP contribution in [0.1, 0.15) is 45.7 Å². The van der Waals surface area contributed by atoms with Gasteiger partial charge in [0.15, 0.2) is 5.82 Å². The summed E-state index contributed by atoms with van der Waals surface area (Å²) in [6.45, 7) is 18.5. The fourth-order valence-corrected chi connectivity index (χ4v) is 4.05. The number of methoxy groups -OCH3 is 1. The molecular formula is C33H39ClN6O8. The van der Waals surface area contributed by atoms with Crippen LogP contribution in [0.15, 0.2) is 54.9 Å². The van der Waals surface area contributed by atoms with Gasteiger partial charge in [-0.25, -0.2) is 19.1 Å². The van der Waals surface area contributed by atoms with Crippen LogP contribution in [0.4, 0.5) is 15.3 Å². The number of ether oxygens (including phenoxy) is 4. The number of aromatic nitrogens is 4. The fraction of sp³-hybridized carbons (Fsp3) is 0.364. The molecule has 3 aromatic heterocycles. The molecule has 0 fully saturated rings. The van der Waals surface area contributed by atoms with Gasteiger partial charge >= 0.3 is 23.5 Å². The Bertz CT molecular complexity index is 1660. The van der Waals surface area contributed by atoms with E-state index in [1.807, 2.05) is 30.3 Å². The lowest BCUT2D eigenvalue weighted by Crippen LogP contribution is -2.37. The maximum atomic E-state index is 11.5. The quantitative estimate of drug-likeness (QED) is 0.0716. The average Bonchev–Trinajstić information content (AvgIpc) is 3.60. The van der Waals surface area contributed by atoms with Crippen molar-refractivity contribution in [3.05, 3.63) is 77.4 Å². The first-order valence-electron chi connectivity index (χ1n) is 14.7. The molecule has 15 heteroatoms. The highest BCUT2D eigenvalue weighted by molar-refractivity contribution is 6.63. The third-order valence-electron chi connectivity index (χ3n) is 6.29. The molecule has 0 bridgehead atoms. The van der Waals surface area contributed by atoms with E-state index < -0.39 is 23.5 Å². The standard InChI is InChI=1S/C19H20N4O3.C9H14ClNO5.C5H5N/c1-11-14(20-5)17(26-18(24)25-6)23-16(11)21-15(22-23)12-7-9-13(10-8-12)19(2,3)4;1-3-15-7(12)5-11(9(10)14)6-8(13)16-4-2;1-2-4-6-5-3-1/h7-10H,1-4,6H3,(H,21,22);3-6H2,1-2H3;1-5H. The van der Waals surface area contributed by atoms with Crippen molar-refractivity contribution in [3.63, 3.8) is 0 Å². The normalized spacial score (nSPS) is 10.3. The number of aryl methyl sites for hydroxylation is 1. The highest BCUT2D eigenvalue weighted by Crippen LogP contribution is 2.37. The molecule has 0 atom stereocenters. The van der Waals surface area contributed by atoms with Gasteiger partial charge in [0.2, 0.25) is 5.88 Å². The largest absolute Gasteiger partial charge is 0.513 e. The van der Waals surface area contributed by atoms with Crippen molar-refractivity contribution in [1.29, 1.82) is 0 Å². The molecule has 14 nitrogen and oxygen atoms in total. The van der Waals surface area contributed by atoms with Gasteiger partial charge < -0.3 is 23.8 Å². The van der Waals surface area contributed by atoms with Crippen molar-refractivity contribution in [2.24, 2.45) is 0 Å². The predicted molar refractivity (Wildman–Crippen MR) is 178 cm³/mol. The van der Waals surface area contributed by atoms with Crippen LogP contribution < -0.4 is 4.74 Å². The molecule has 256 valence electrons. The van der Waals surface area contributed by atoms with E-state index in [4.69, 9.17) is 22.9 Å². The molecule has 48 heavy (non-hydrogen) atoms. The minimum Gasteiger partial charge on any atom is -0.465 e. The summed E-state index contributed by atoms with van der Waals surface area (Å²) in [6.07, 6.45) is 2.61. The number of amides is 1. The smallest absolute Gasteiger partial charge is 0.465 e. The number of aromatic amines is 1. The van der Waals surface area contributed by atoms with Gasteiger partial charge in [0.05, 0.1) is 26.9 Å². The molecule has 0 unspecified atom stereocenters. The van der Waals surface area contributed by atoms with Crippen LogP contribution in [0.5, 0.6) is 5.88 Å². The van der Waals surface area contributed by atoms with E-state index >= 15 is 0 Å². The first-order chi connectivity index (χ1) is 22.8. The van der Waals surface area contributed by atoms with Crippen molar-refractivity contribution < 1.29 is 38.1 Å². The second-order valence-electron chi connectivity index (χ2n) is 10.7. The van der Waals surface area contributed by atoms with E-state index in [0.717, 1.165) is 10.5 Å². The highest BCUT2D eigenvalue weighted by Gasteiger charge is 2.24. The topological polar surface area (TPSA) is 159 Å². The molecule has 4 rings (SSSR count). The van der Waals surface area contributed by atoms with Gasteiger partial charge in [-0.3, -0.25) is 24.5 Å². The van der Waals surface area contributed by atoms with Crippen molar-refractivity contribution in [3.8, 4) is 17.3 Å². The van der Waals surface area contributed by atoms with Gasteiger partial charge in [0.1, 0.15) is 18.7 Å². The van der Waals surface area contributed by atoms with E-state index in [1.54, 1.807) is 33.2 Å². The number of rotatable bonds is 8. The number of halogens is 1. The highest BCUT2D eigenvalue weighted by atomic mass is 35.5. The van der Waals surface area contributed by atoms with Crippen LogP contribution in [-0.4, -0.2) is 81.4 Å². The van der Waals surface area contributed by atoms with Crippen LogP contribution in [-0.2, 0) is 29.2 Å². The fourth-order valence-electron chi connectivity index (χ4n) is 3.93. The molecule has 1 N–H and O–H groups in total. The predicted octanol–water partition coefficient (Wildman–Crippen LogP) is 6.49. The Morgan fingerprint density at radius 2 is 1.54 bits per heavy atom. The summed E-state index contributed by atoms with van der Waals surface area (Å²) in [5, 5.41) is 2.19. The molecule has 0 spiro atoms. The van der Waals surface area contributed by atoms with Crippen LogP contribution in [0, 0.1) is 13.5 Å². The summed E-state index contributed by atoms with van der Waals surface area (Å²) in [6, 6.07) is 13.8. The summed E-state index contributed by atoms with van der Waals surface area (Å²) in [5.41, 5.74) is 3.58. The number of H-pyrrole nitrogens is 1. The number of esters is 2. The van der Waals surface area contributed by atoms with Crippen LogP contribution in [0.2, 0.25) is 0 Å². The number of carbonyl (C=O) groups excluding carboxylic acids is 4. The van der Waals surface area contributed by atoms with Gasteiger partial charge in [-0.15, -0.1) is 0 Å². The molecule has 0 aliphatic rings. The zero-order valence-corrected chi connectivity index (χ0v) is 28.7. The van der Waals surface area contributed by atoms with E-state index in [0.29, 0.717) is 17.0 Å². The molecule has 1 amide bonds. The van der Waals surface area contributed by atoms with Gasteiger partial charge in [-0.2, -0.15) is 0 Å². The summed E-state index contributed by atoms with van der Waals surface area (Å²) in [7, 11) is 1.21. The third kappa shape index (κ3) is 11.4. The molecule has 0 radical (unpaired) electrons. The van der Waals surface area contributed by atoms with Crippen molar-refractivity contribution in [2.75, 3.05) is 33.4 Å². The second kappa shape index (κ2) is 18.7. The number of nitrogens with one attached hydrogen (secondary N) is 1. The first kappa shape index (κ1) is 38.8. The monoisotopic (exact) mass is 682 g/mol. The number of benzene rings is 1. The van der Waals surface area contributed by atoms with Crippen molar-refractivity contribution in [2.45, 2.75) is 47.0 Å². The summed E-state index contributed by atoms with van der Waals surface area (Å²) in [4.78, 5) is 57.2. The molecule has 3 heterocycles. The summed E-state index contributed by atoms with van der Waals surface area (Å²) in [5.74, 6) is -0.555. The number of fused-ring (bicyclic) bond motifs is 1. The molecule has 1 aromatic carbocycles. The van der Waals surface area contributed by atoms with Crippen molar-refractivity contribution >= 4 is 46.4 Å². The maximum Gasteiger partial charge on any atom is 0.513 e. The summed E-state index contributed by atoms with van der Waals surface area (Å²) >= 11 is 5.20. The third-order valence-corrected chi connectivity index (χ3v) is 6.53. The zero-order valence-electron chi connectivity index (χ0n) is 27.9. The van der Waals surface area contributed by atoms with Gasteiger partial charge in [-0.05, 0) is 55.5 Å². The molecular weight excluding hydrogens is 644 g/mol. The minimum absolute atomic E-state index is 0.0668. The maximum absolute atomic E-state index is 11.5. The Hall–Kier alpha value is -5.42. The van der Waals surface area contributed by atoms with E-state index in [9.17, 15) is 19.2 Å². The van der Waals surface area contributed by atoms with E-state index in [1.165, 1.54) is 17.2 Å². The number of hydrogen-bond donors (Lipinski definition) is 1. The Labute approximate surface area is 283 Å². The molecule has 4 aromatic rings. The lowest BCUT2D eigenvalue weighted by Gasteiger charge is -2.18. The SMILES string of the molecule is CCOC(=O)CN(CC(=O)OCC)C(=O)Cl.[C-]#[N+]c1c(C)c2nc(-c3ccc(C(C)(C)C)cc3)[nH]n2c1OC(=O)OC.c1ccncc1. The Morgan fingerprint density at radius 1 is 0.979 bits per heavy atom. The number of carbonyl (C=O) groups is 4. The number of pyridine rings is 1. The molecule has 0 saturated carbocycles. The minimum atomic E-state index is -0.902. The Balaban J connectivity index is 0.000000308. The first-order valence-corrected chi connectivity index (χ1v) is 15.1. The lowest BCUT2D eigenvalue weighted by atomic mass is 9.87. The zero-order chi connectivity index (χ0) is 35.9. The Kier molecular flexibility index (Phi) is 15.1. The van der Waals surface area contributed by atoms with Crippen LogP contribution >= 0.6 is 11.6 Å². The van der Waals surface area contributed by atoms with Crippen molar-refractivity contribution in [1.82, 2.24) is 24.5 Å². The molecule has 0 saturated heterocycles. The Morgan fingerprint density at radius 3 is 1.94 bits per heavy atom. The van der Waals surface area contributed by atoms with Crippen LogP contribution in [0.25, 0.3) is 21.9 Å². The number of hydrogen-bond acceptors (Lipinski definition) is 10. The summed E-state index contributed by atoms with van der Waals surface area (Å²) < 4.78 is 20.4. The van der Waals surface area contributed by atoms with Gasteiger partial charge in [0, 0.05) is 23.5 Å². The lowest BCUT2D eigenvalue weighted by molar-refractivity contribution is -0.146. The van der Waals surface area contributed by atoms with E-state index in [-0.39, 0.29) is 43.3 Å². The molecule has 0 aliphatic heterocycles. The van der Waals surface area contributed by atoms with Gasteiger partial charge in [-0.1, -0.05) is 51.1 Å². The average molecular weight is 683 g/mol. The van der Waals surface area contributed by atoms with Crippen LogP contribution in [0.3, 0.4) is 0 Å². The second-order valence-corrected chi connectivity index (χ2v) is 11.1. The van der Waals surface area contributed by atoms with Gasteiger partial charge in [0.25, 0.3) is 5.69 Å². The van der Waals surface area contributed by atoms with E-state index in [2.05, 4.69) is 67.0 Å². The molecule has 0 aliphatic carbocycles. The number of nitrogens with zero attached hydrogens (tertiary/aromatic N) is 5.